The van der Waals surface area contributed by atoms with Gasteiger partial charge in [0.25, 0.3) is 5.91 Å². The number of benzene rings is 1. The number of carbonyl (C=O) groups excluding carboxylic acids is 2. The van der Waals surface area contributed by atoms with Crippen molar-refractivity contribution in [1.82, 2.24) is 5.32 Å². The molecule has 0 radical (unpaired) electrons. The fraction of sp³-hybridized carbons (Fsp3) is 0.0588. The fourth-order valence-electron chi connectivity index (χ4n) is 2.04. The van der Waals surface area contributed by atoms with Crippen molar-refractivity contribution in [3.8, 4) is 11.3 Å². The molecular formula is C17H13NO4. The Balaban J connectivity index is 1.68. The number of amides is 1. The van der Waals surface area contributed by atoms with Gasteiger partial charge >= 0.3 is 0 Å². The van der Waals surface area contributed by atoms with Gasteiger partial charge in [0.05, 0.1) is 12.8 Å². The molecule has 0 fully saturated rings. The highest BCUT2D eigenvalue weighted by atomic mass is 16.3. The molecule has 3 aromatic rings. The van der Waals surface area contributed by atoms with Gasteiger partial charge in [-0.25, -0.2) is 0 Å². The SMILES string of the molecule is O=Cc1ccc(-c2ccc(C(=O)NCc3ccco3)cc2)o1. The normalized spacial score (nSPS) is 10.4. The first-order valence-electron chi connectivity index (χ1n) is 6.72. The van der Waals surface area contributed by atoms with Crippen LogP contribution in [0.5, 0.6) is 0 Å². The Morgan fingerprint density at radius 1 is 1.09 bits per heavy atom. The molecule has 0 aliphatic carbocycles. The molecule has 0 saturated heterocycles. The van der Waals surface area contributed by atoms with Crippen molar-refractivity contribution in [2.24, 2.45) is 0 Å². The molecule has 3 rings (SSSR count). The number of hydrogen-bond donors (Lipinski definition) is 1. The largest absolute Gasteiger partial charge is 0.467 e. The van der Waals surface area contributed by atoms with Crippen LogP contribution < -0.4 is 5.32 Å². The second-order valence-electron chi connectivity index (χ2n) is 4.66. The molecule has 0 saturated carbocycles. The van der Waals surface area contributed by atoms with E-state index in [1.54, 1.807) is 54.8 Å². The predicted octanol–water partition coefficient (Wildman–Crippen LogP) is 3.28. The van der Waals surface area contributed by atoms with E-state index >= 15 is 0 Å². The first-order valence-corrected chi connectivity index (χ1v) is 6.72. The van der Waals surface area contributed by atoms with Crippen LogP contribution in [0.2, 0.25) is 0 Å². The van der Waals surface area contributed by atoms with Crippen molar-refractivity contribution in [2.75, 3.05) is 0 Å². The standard InChI is InChI=1S/C17H13NO4/c19-11-15-7-8-16(22-15)12-3-5-13(6-4-12)17(20)18-10-14-2-1-9-21-14/h1-9,11H,10H2,(H,18,20). The van der Waals surface area contributed by atoms with Crippen molar-refractivity contribution < 1.29 is 18.4 Å². The minimum atomic E-state index is -0.184. The van der Waals surface area contributed by atoms with E-state index in [0.717, 1.165) is 5.56 Å². The minimum absolute atomic E-state index is 0.184. The number of carbonyl (C=O) groups is 2. The Kier molecular flexibility index (Phi) is 3.87. The molecule has 22 heavy (non-hydrogen) atoms. The molecule has 0 aliphatic rings. The lowest BCUT2D eigenvalue weighted by atomic mass is 10.1. The number of hydrogen-bond acceptors (Lipinski definition) is 4. The molecule has 1 N–H and O–H groups in total. The lowest BCUT2D eigenvalue weighted by Crippen LogP contribution is -2.22. The van der Waals surface area contributed by atoms with Gasteiger partial charge in [-0.3, -0.25) is 9.59 Å². The van der Waals surface area contributed by atoms with E-state index in [9.17, 15) is 9.59 Å². The first-order chi connectivity index (χ1) is 10.8. The van der Waals surface area contributed by atoms with Crippen LogP contribution in [0.3, 0.4) is 0 Å². The monoisotopic (exact) mass is 295 g/mol. The average Bonchev–Trinajstić information content (AvgIpc) is 3.24. The van der Waals surface area contributed by atoms with Crippen LogP contribution >= 0.6 is 0 Å². The number of furan rings is 2. The van der Waals surface area contributed by atoms with Crippen molar-refractivity contribution in [1.29, 1.82) is 0 Å². The zero-order valence-corrected chi connectivity index (χ0v) is 11.6. The Hall–Kier alpha value is -3.08. The summed E-state index contributed by atoms with van der Waals surface area (Å²) in [5, 5.41) is 2.77. The highest BCUT2D eigenvalue weighted by molar-refractivity contribution is 5.94. The fourth-order valence-corrected chi connectivity index (χ4v) is 2.04. The average molecular weight is 295 g/mol. The van der Waals surface area contributed by atoms with E-state index in [0.29, 0.717) is 29.9 Å². The summed E-state index contributed by atoms with van der Waals surface area (Å²) < 4.78 is 10.5. The van der Waals surface area contributed by atoms with Crippen LogP contribution in [0.4, 0.5) is 0 Å². The molecular weight excluding hydrogens is 282 g/mol. The second-order valence-corrected chi connectivity index (χ2v) is 4.66. The molecule has 2 aromatic heterocycles. The van der Waals surface area contributed by atoms with Gasteiger partial charge in [-0.05, 0) is 36.4 Å². The van der Waals surface area contributed by atoms with E-state index in [1.165, 1.54) is 0 Å². The third-order valence-electron chi connectivity index (χ3n) is 3.18. The molecule has 0 spiro atoms. The Morgan fingerprint density at radius 2 is 1.91 bits per heavy atom. The van der Waals surface area contributed by atoms with Crippen LogP contribution in [-0.4, -0.2) is 12.2 Å². The molecule has 2 heterocycles. The van der Waals surface area contributed by atoms with Crippen molar-refractivity contribution in [3.63, 3.8) is 0 Å². The van der Waals surface area contributed by atoms with Gasteiger partial charge in [0.1, 0.15) is 11.5 Å². The van der Waals surface area contributed by atoms with Gasteiger partial charge < -0.3 is 14.2 Å². The van der Waals surface area contributed by atoms with Gasteiger partial charge in [0.2, 0.25) is 0 Å². The van der Waals surface area contributed by atoms with Crippen LogP contribution in [0.15, 0.2) is 63.6 Å². The minimum Gasteiger partial charge on any atom is -0.467 e. The molecule has 0 bridgehead atoms. The second kappa shape index (κ2) is 6.13. The van der Waals surface area contributed by atoms with E-state index < -0.39 is 0 Å². The number of rotatable bonds is 5. The zero-order valence-electron chi connectivity index (χ0n) is 11.6. The Morgan fingerprint density at radius 3 is 2.55 bits per heavy atom. The van der Waals surface area contributed by atoms with Gasteiger partial charge in [-0.2, -0.15) is 0 Å². The van der Waals surface area contributed by atoms with E-state index in [1.807, 2.05) is 0 Å². The third kappa shape index (κ3) is 2.98. The topological polar surface area (TPSA) is 72.5 Å². The van der Waals surface area contributed by atoms with Gasteiger partial charge in [-0.1, -0.05) is 12.1 Å². The maximum atomic E-state index is 12.0. The van der Waals surface area contributed by atoms with Crippen molar-refractivity contribution >= 4 is 12.2 Å². The summed E-state index contributed by atoms with van der Waals surface area (Å²) in [7, 11) is 0. The summed E-state index contributed by atoms with van der Waals surface area (Å²) in [4.78, 5) is 22.6. The molecule has 5 heteroatoms. The predicted molar refractivity (Wildman–Crippen MR) is 79.4 cm³/mol. The van der Waals surface area contributed by atoms with E-state index in [4.69, 9.17) is 8.83 Å². The molecule has 5 nitrogen and oxygen atoms in total. The smallest absolute Gasteiger partial charge is 0.251 e. The van der Waals surface area contributed by atoms with E-state index in [2.05, 4.69) is 5.32 Å². The third-order valence-corrected chi connectivity index (χ3v) is 3.18. The molecule has 0 atom stereocenters. The molecule has 0 aliphatic heterocycles. The summed E-state index contributed by atoms with van der Waals surface area (Å²) in [6, 6.07) is 13.8. The summed E-state index contributed by atoms with van der Waals surface area (Å²) in [6.45, 7) is 0.342. The van der Waals surface area contributed by atoms with Crippen LogP contribution in [-0.2, 0) is 6.54 Å². The summed E-state index contributed by atoms with van der Waals surface area (Å²) >= 11 is 0. The highest BCUT2D eigenvalue weighted by Crippen LogP contribution is 2.22. The Bertz CT molecular complexity index is 769. The number of aldehydes is 1. The van der Waals surface area contributed by atoms with E-state index in [-0.39, 0.29) is 11.7 Å². The molecule has 0 unspecified atom stereocenters. The number of nitrogens with one attached hydrogen (secondary N) is 1. The van der Waals surface area contributed by atoms with Crippen LogP contribution in [0, 0.1) is 0 Å². The molecule has 110 valence electrons. The summed E-state index contributed by atoms with van der Waals surface area (Å²) in [6.07, 6.45) is 2.22. The van der Waals surface area contributed by atoms with Crippen molar-refractivity contribution in [3.05, 3.63) is 71.9 Å². The lowest BCUT2D eigenvalue weighted by Gasteiger charge is -2.04. The molecule has 1 aromatic carbocycles. The molecule has 1 amide bonds. The quantitative estimate of drug-likeness (QED) is 0.733. The summed E-state index contributed by atoms with van der Waals surface area (Å²) in [5.41, 5.74) is 1.34. The van der Waals surface area contributed by atoms with Crippen LogP contribution in [0.25, 0.3) is 11.3 Å². The maximum absolute atomic E-state index is 12.0. The van der Waals surface area contributed by atoms with Crippen molar-refractivity contribution in [2.45, 2.75) is 6.54 Å². The summed E-state index contributed by atoms with van der Waals surface area (Å²) in [5.74, 6) is 1.37. The Labute approximate surface area is 126 Å². The maximum Gasteiger partial charge on any atom is 0.251 e. The van der Waals surface area contributed by atoms with Gasteiger partial charge in [-0.15, -0.1) is 0 Å². The van der Waals surface area contributed by atoms with Gasteiger partial charge in [0, 0.05) is 11.1 Å². The van der Waals surface area contributed by atoms with Crippen LogP contribution in [0.1, 0.15) is 26.7 Å². The van der Waals surface area contributed by atoms with Gasteiger partial charge in [0.15, 0.2) is 12.0 Å². The zero-order chi connectivity index (χ0) is 15.4. The first kappa shape index (κ1) is 13.9. The lowest BCUT2D eigenvalue weighted by molar-refractivity contribution is 0.0947. The highest BCUT2D eigenvalue weighted by Gasteiger charge is 2.08.